The Labute approximate surface area is 134 Å². The molecule has 3 aromatic heterocycles. The van der Waals surface area contributed by atoms with E-state index in [0.29, 0.717) is 10.7 Å². The van der Waals surface area contributed by atoms with E-state index in [9.17, 15) is 9.59 Å². The van der Waals surface area contributed by atoms with Crippen LogP contribution >= 0.6 is 22.9 Å². The molecule has 0 bridgehead atoms. The molecule has 0 aliphatic rings. The molecule has 0 fully saturated rings. The first-order chi connectivity index (χ1) is 10.5. The number of hydrogen-bond donors (Lipinski definition) is 0. The molecule has 0 aliphatic carbocycles. The summed E-state index contributed by atoms with van der Waals surface area (Å²) in [5.41, 5.74) is 2.08. The van der Waals surface area contributed by atoms with E-state index in [-0.39, 0.29) is 18.0 Å². The van der Waals surface area contributed by atoms with Crippen LogP contribution < -0.4 is 4.87 Å². The summed E-state index contributed by atoms with van der Waals surface area (Å²) in [6.07, 6.45) is 3.47. The highest BCUT2D eigenvalue weighted by atomic mass is 35.5. The number of hydrogen-bond acceptors (Lipinski definition) is 5. The van der Waals surface area contributed by atoms with Crippen LogP contribution in [0.5, 0.6) is 0 Å². The molecular weight excluding hydrogens is 326 g/mol. The van der Waals surface area contributed by atoms with E-state index in [1.165, 1.54) is 4.57 Å². The lowest BCUT2D eigenvalue weighted by Gasteiger charge is -2.04. The average Bonchev–Trinajstić information content (AvgIpc) is 3.02. The molecule has 0 N–H and O–H groups in total. The maximum Gasteiger partial charge on any atom is 0.326 e. The molecule has 0 saturated heterocycles. The molecular formula is C14H12ClN3O3S. The number of esters is 1. The molecule has 0 aromatic carbocycles. The van der Waals surface area contributed by atoms with Crippen LogP contribution in [0.3, 0.4) is 0 Å². The van der Waals surface area contributed by atoms with Gasteiger partial charge in [0.1, 0.15) is 18.8 Å². The highest BCUT2D eigenvalue weighted by Gasteiger charge is 2.11. The minimum absolute atomic E-state index is 0.0517. The minimum atomic E-state index is -0.473. The zero-order chi connectivity index (χ0) is 15.7. The largest absolute Gasteiger partial charge is 0.458 e. The van der Waals surface area contributed by atoms with Gasteiger partial charge in [0.05, 0.1) is 10.7 Å². The fourth-order valence-electron chi connectivity index (χ4n) is 2.01. The quantitative estimate of drug-likeness (QED) is 0.685. The van der Waals surface area contributed by atoms with Crippen LogP contribution in [0.1, 0.15) is 11.4 Å². The molecule has 0 unspecified atom stereocenters. The second-order valence-corrected chi connectivity index (χ2v) is 5.99. The van der Waals surface area contributed by atoms with Crippen LogP contribution in [0.2, 0.25) is 5.02 Å². The van der Waals surface area contributed by atoms with Gasteiger partial charge >= 0.3 is 10.8 Å². The third-order valence-corrected chi connectivity index (χ3v) is 4.21. The van der Waals surface area contributed by atoms with Gasteiger partial charge in [-0.2, -0.15) is 0 Å². The number of aromatic nitrogens is 3. The van der Waals surface area contributed by atoms with Crippen molar-refractivity contribution in [1.82, 2.24) is 14.0 Å². The van der Waals surface area contributed by atoms with Gasteiger partial charge in [0, 0.05) is 23.5 Å². The number of pyridine rings is 1. The van der Waals surface area contributed by atoms with Gasteiger partial charge in [-0.05, 0) is 19.1 Å². The van der Waals surface area contributed by atoms with Gasteiger partial charge in [0.25, 0.3) is 0 Å². The molecule has 3 heterocycles. The summed E-state index contributed by atoms with van der Waals surface area (Å²) < 4.78 is 8.32. The van der Waals surface area contributed by atoms with E-state index in [4.69, 9.17) is 16.3 Å². The van der Waals surface area contributed by atoms with E-state index in [1.807, 2.05) is 0 Å². The number of halogens is 1. The van der Waals surface area contributed by atoms with E-state index < -0.39 is 5.97 Å². The lowest BCUT2D eigenvalue weighted by atomic mass is 10.5. The fraction of sp³-hybridized carbons (Fsp3) is 0.214. The van der Waals surface area contributed by atoms with Crippen molar-refractivity contribution >= 4 is 34.6 Å². The number of fused-ring (bicyclic) bond motifs is 1. The third-order valence-electron chi connectivity index (χ3n) is 3.11. The zero-order valence-electron chi connectivity index (χ0n) is 11.7. The van der Waals surface area contributed by atoms with Gasteiger partial charge < -0.3 is 9.14 Å². The Morgan fingerprint density at radius 1 is 1.41 bits per heavy atom. The maximum atomic E-state index is 11.8. The summed E-state index contributed by atoms with van der Waals surface area (Å²) >= 11 is 6.96. The molecule has 0 atom stereocenters. The first-order valence-electron chi connectivity index (χ1n) is 6.46. The van der Waals surface area contributed by atoms with Gasteiger partial charge in [-0.3, -0.25) is 14.2 Å². The lowest BCUT2D eigenvalue weighted by molar-refractivity contribution is -0.145. The van der Waals surface area contributed by atoms with Crippen molar-refractivity contribution in [2.45, 2.75) is 20.1 Å². The molecule has 0 radical (unpaired) electrons. The van der Waals surface area contributed by atoms with Gasteiger partial charge in [-0.25, -0.2) is 4.98 Å². The number of thiazole rings is 1. The van der Waals surface area contributed by atoms with Crippen LogP contribution in [0, 0.1) is 6.92 Å². The van der Waals surface area contributed by atoms with Gasteiger partial charge in [-0.15, -0.1) is 0 Å². The molecule has 0 aliphatic heterocycles. The van der Waals surface area contributed by atoms with Crippen molar-refractivity contribution in [2.75, 3.05) is 0 Å². The second-order valence-electron chi connectivity index (χ2n) is 4.73. The summed E-state index contributed by atoms with van der Waals surface area (Å²) in [5.74, 6) is -0.473. The summed E-state index contributed by atoms with van der Waals surface area (Å²) in [4.78, 5) is 27.5. The number of nitrogens with zero attached hydrogens (tertiary/aromatic N) is 3. The molecule has 0 amide bonds. The standard InChI is InChI=1S/C14H12ClN3O3S/c1-9-8-22-14(20)18(9)6-13(19)21-7-11-5-17-4-10(15)2-3-12(17)16-11/h2-5,8H,6-7H2,1H3. The normalized spacial score (nSPS) is 11.0. The Morgan fingerprint density at radius 2 is 2.23 bits per heavy atom. The Kier molecular flexibility index (Phi) is 4.00. The van der Waals surface area contributed by atoms with Crippen molar-refractivity contribution in [3.8, 4) is 0 Å². The molecule has 114 valence electrons. The highest BCUT2D eigenvalue weighted by molar-refractivity contribution is 7.07. The molecule has 0 spiro atoms. The summed E-state index contributed by atoms with van der Waals surface area (Å²) in [5, 5.41) is 2.31. The first kappa shape index (κ1) is 14.8. The Balaban J connectivity index is 1.66. The van der Waals surface area contributed by atoms with Gasteiger partial charge in [-0.1, -0.05) is 22.9 Å². The highest BCUT2D eigenvalue weighted by Crippen LogP contribution is 2.12. The monoisotopic (exact) mass is 337 g/mol. The van der Waals surface area contributed by atoms with Crippen LogP contribution in [0.15, 0.2) is 34.7 Å². The Hall–Kier alpha value is -2.12. The van der Waals surface area contributed by atoms with Gasteiger partial charge in [0.15, 0.2) is 0 Å². The zero-order valence-corrected chi connectivity index (χ0v) is 13.2. The second kappa shape index (κ2) is 5.94. The smallest absolute Gasteiger partial charge is 0.326 e. The first-order valence-corrected chi connectivity index (χ1v) is 7.72. The number of carbonyl (C=O) groups excluding carboxylic acids is 1. The third kappa shape index (κ3) is 3.05. The number of aryl methyl sites for hydroxylation is 1. The van der Waals surface area contributed by atoms with Crippen molar-refractivity contribution in [1.29, 1.82) is 0 Å². The fourth-order valence-corrected chi connectivity index (χ4v) is 2.91. The predicted octanol–water partition coefficient (Wildman–Crippen LogP) is 2.26. The Bertz CT molecular complexity index is 896. The lowest BCUT2D eigenvalue weighted by Crippen LogP contribution is -2.22. The maximum absolute atomic E-state index is 11.8. The van der Waals surface area contributed by atoms with Crippen molar-refractivity contribution in [3.05, 3.63) is 56.0 Å². The number of ether oxygens (including phenoxy) is 1. The minimum Gasteiger partial charge on any atom is -0.458 e. The number of carbonyl (C=O) groups is 1. The average molecular weight is 338 g/mol. The van der Waals surface area contributed by atoms with Crippen LogP contribution in [0.4, 0.5) is 0 Å². The van der Waals surface area contributed by atoms with E-state index in [2.05, 4.69) is 4.98 Å². The van der Waals surface area contributed by atoms with E-state index >= 15 is 0 Å². The van der Waals surface area contributed by atoms with Crippen molar-refractivity contribution in [3.63, 3.8) is 0 Å². The molecule has 8 heteroatoms. The number of imidazole rings is 1. The van der Waals surface area contributed by atoms with Gasteiger partial charge in [0.2, 0.25) is 0 Å². The van der Waals surface area contributed by atoms with E-state index in [1.54, 1.807) is 41.2 Å². The van der Waals surface area contributed by atoms with Crippen LogP contribution in [-0.2, 0) is 22.7 Å². The SMILES string of the molecule is Cc1csc(=O)n1CC(=O)OCc1cn2cc(Cl)ccc2n1. The van der Waals surface area contributed by atoms with Crippen LogP contribution in [0.25, 0.3) is 5.65 Å². The predicted molar refractivity (Wildman–Crippen MR) is 83.3 cm³/mol. The summed E-state index contributed by atoms with van der Waals surface area (Å²) in [7, 11) is 0. The summed E-state index contributed by atoms with van der Waals surface area (Å²) in [6, 6.07) is 3.52. The van der Waals surface area contributed by atoms with Crippen LogP contribution in [-0.4, -0.2) is 19.9 Å². The van der Waals surface area contributed by atoms with E-state index in [0.717, 1.165) is 22.7 Å². The van der Waals surface area contributed by atoms with Crippen molar-refractivity contribution in [2.24, 2.45) is 0 Å². The Morgan fingerprint density at radius 3 is 2.95 bits per heavy atom. The molecule has 3 rings (SSSR count). The summed E-state index contributed by atoms with van der Waals surface area (Å²) in [6.45, 7) is 1.74. The van der Waals surface area contributed by atoms with Crippen molar-refractivity contribution < 1.29 is 9.53 Å². The molecule has 0 saturated carbocycles. The topological polar surface area (TPSA) is 65.6 Å². The molecule has 6 nitrogen and oxygen atoms in total. The molecule has 22 heavy (non-hydrogen) atoms. The number of rotatable bonds is 4. The molecule has 3 aromatic rings.